The van der Waals surface area contributed by atoms with Crippen LogP contribution in [0.2, 0.25) is 0 Å². The molecule has 0 aliphatic rings. The van der Waals surface area contributed by atoms with Crippen LogP contribution in [0.15, 0.2) is 67.0 Å². The van der Waals surface area contributed by atoms with Gasteiger partial charge in [-0.05, 0) is 22.8 Å². The fourth-order valence-electron chi connectivity index (χ4n) is 3.73. The lowest BCUT2D eigenvalue weighted by molar-refractivity contribution is -0.117. The highest BCUT2D eigenvalue weighted by Gasteiger charge is 2.22. The van der Waals surface area contributed by atoms with E-state index in [9.17, 15) is 14.8 Å². The number of amides is 2. The second-order valence-electron chi connectivity index (χ2n) is 7.55. The van der Waals surface area contributed by atoms with Gasteiger partial charge in [-0.25, -0.2) is 10.5 Å². The maximum atomic E-state index is 12.4. The third kappa shape index (κ3) is 4.70. The third-order valence-corrected chi connectivity index (χ3v) is 5.35. The summed E-state index contributed by atoms with van der Waals surface area (Å²) in [6.45, 7) is 0.683. The molecule has 34 heavy (non-hydrogen) atoms. The number of benzene rings is 2. The number of methoxy groups -OCH3 is 1. The van der Waals surface area contributed by atoms with Crippen LogP contribution >= 0.6 is 0 Å². The van der Waals surface area contributed by atoms with Crippen molar-refractivity contribution < 1.29 is 19.5 Å². The van der Waals surface area contributed by atoms with Gasteiger partial charge in [-0.15, -0.1) is 0 Å². The van der Waals surface area contributed by atoms with E-state index in [1.54, 1.807) is 17.7 Å². The lowest BCUT2D eigenvalue weighted by Gasteiger charge is -2.15. The predicted octanol–water partition coefficient (Wildman–Crippen LogP) is 2.67. The quantitative estimate of drug-likeness (QED) is 0.236. The topological polar surface area (TPSA) is 139 Å². The average Bonchev–Trinajstić information content (AvgIpc) is 2.87. The molecule has 172 valence electrons. The fourth-order valence-corrected chi connectivity index (χ4v) is 3.73. The van der Waals surface area contributed by atoms with Crippen LogP contribution in [0.1, 0.15) is 15.9 Å². The minimum atomic E-state index is -0.708. The van der Waals surface area contributed by atoms with Crippen LogP contribution in [0.25, 0.3) is 33.3 Å². The van der Waals surface area contributed by atoms with Gasteiger partial charge in [0.1, 0.15) is 5.69 Å². The molecule has 0 aliphatic carbocycles. The van der Waals surface area contributed by atoms with Gasteiger partial charge in [0.05, 0.1) is 24.7 Å². The third-order valence-electron chi connectivity index (χ3n) is 5.35. The van der Waals surface area contributed by atoms with Crippen LogP contribution in [0.3, 0.4) is 0 Å². The minimum absolute atomic E-state index is 0.133. The van der Waals surface area contributed by atoms with Crippen molar-refractivity contribution in [3.63, 3.8) is 0 Å². The summed E-state index contributed by atoms with van der Waals surface area (Å²) in [6.07, 6.45) is 3.10. The standard InChI is InChI=1S/C25H23N5O4/c1-34-24-22(25(32)30-33)19-13-27-11-10-20(19)29-23(24)18-8-6-17(7-9-18)16-4-2-15(3-5-16)12-28-14-21(26)31/h2-11,13,28,33H,12,14H2,1H3,(H2,26,31)(H,30,32). The van der Waals surface area contributed by atoms with Gasteiger partial charge >= 0.3 is 0 Å². The summed E-state index contributed by atoms with van der Waals surface area (Å²) in [5.41, 5.74) is 11.8. The first-order chi connectivity index (χ1) is 16.5. The highest BCUT2D eigenvalue weighted by molar-refractivity contribution is 6.09. The molecule has 2 aromatic carbocycles. The Morgan fingerprint density at radius 1 is 1.00 bits per heavy atom. The number of hydrogen-bond acceptors (Lipinski definition) is 7. The van der Waals surface area contributed by atoms with E-state index in [2.05, 4.69) is 15.3 Å². The Morgan fingerprint density at radius 3 is 2.26 bits per heavy atom. The summed E-state index contributed by atoms with van der Waals surface area (Å²) in [5, 5.41) is 12.7. The number of rotatable bonds is 8. The molecule has 9 heteroatoms. The zero-order chi connectivity index (χ0) is 24.1. The van der Waals surface area contributed by atoms with Gasteiger partial charge in [-0.1, -0.05) is 48.5 Å². The number of aromatic nitrogens is 2. The molecule has 0 bridgehead atoms. The molecule has 0 saturated carbocycles. The number of carbonyl (C=O) groups excluding carboxylic acids is 2. The van der Waals surface area contributed by atoms with E-state index < -0.39 is 11.8 Å². The largest absolute Gasteiger partial charge is 0.494 e. The van der Waals surface area contributed by atoms with E-state index in [1.807, 2.05) is 48.5 Å². The maximum Gasteiger partial charge on any atom is 0.279 e. The molecule has 0 unspecified atom stereocenters. The Bertz CT molecular complexity index is 1340. The summed E-state index contributed by atoms with van der Waals surface area (Å²) in [4.78, 5) is 32.0. The van der Waals surface area contributed by atoms with Gasteiger partial charge in [0, 0.05) is 29.9 Å². The highest BCUT2D eigenvalue weighted by atomic mass is 16.5. The molecule has 0 spiro atoms. The summed E-state index contributed by atoms with van der Waals surface area (Å²) >= 11 is 0. The molecule has 0 saturated heterocycles. The Morgan fingerprint density at radius 2 is 1.65 bits per heavy atom. The number of carbonyl (C=O) groups is 2. The Balaban J connectivity index is 1.66. The lowest BCUT2D eigenvalue weighted by Crippen LogP contribution is -2.28. The maximum absolute atomic E-state index is 12.4. The molecular formula is C25H23N5O4. The number of fused-ring (bicyclic) bond motifs is 1. The van der Waals surface area contributed by atoms with E-state index in [-0.39, 0.29) is 17.9 Å². The van der Waals surface area contributed by atoms with Crippen molar-refractivity contribution in [2.24, 2.45) is 5.73 Å². The number of nitrogens with one attached hydrogen (secondary N) is 2. The van der Waals surface area contributed by atoms with Crippen LogP contribution < -0.4 is 21.3 Å². The normalized spacial score (nSPS) is 10.8. The Kier molecular flexibility index (Phi) is 6.77. The second kappa shape index (κ2) is 10.1. The van der Waals surface area contributed by atoms with Gasteiger partial charge in [-0.3, -0.25) is 19.8 Å². The zero-order valence-electron chi connectivity index (χ0n) is 18.4. The summed E-state index contributed by atoms with van der Waals surface area (Å²) in [7, 11) is 1.45. The monoisotopic (exact) mass is 457 g/mol. The summed E-state index contributed by atoms with van der Waals surface area (Å²) in [6, 6.07) is 17.4. The SMILES string of the molecule is COc1c(-c2ccc(-c3ccc(CNCC(N)=O)cc3)cc2)nc2ccncc2c1C(=O)NO. The molecule has 4 rings (SSSR count). The number of primary amides is 1. The first kappa shape index (κ1) is 22.8. The van der Waals surface area contributed by atoms with Gasteiger partial charge < -0.3 is 15.8 Å². The first-order valence-electron chi connectivity index (χ1n) is 10.5. The smallest absolute Gasteiger partial charge is 0.279 e. The van der Waals surface area contributed by atoms with Crippen molar-refractivity contribution in [1.29, 1.82) is 0 Å². The second-order valence-corrected chi connectivity index (χ2v) is 7.55. The lowest BCUT2D eigenvalue weighted by atomic mass is 9.99. The van der Waals surface area contributed by atoms with Crippen LogP contribution in [-0.4, -0.2) is 40.6 Å². The van der Waals surface area contributed by atoms with Gasteiger partial charge in [0.25, 0.3) is 5.91 Å². The van der Waals surface area contributed by atoms with Crippen LogP contribution in [0, 0.1) is 0 Å². The number of ether oxygens (including phenoxy) is 1. The molecular weight excluding hydrogens is 434 g/mol. The molecule has 0 radical (unpaired) electrons. The van der Waals surface area contributed by atoms with E-state index in [0.29, 0.717) is 23.1 Å². The van der Waals surface area contributed by atoms with E-state index in [0.717, 1.165) is 22.3 Å². The van der Waals surface area contributed by atoms with Crippen molar-refractivity contribution in [2.75, 3.05) is 13.7 Å². The van der Waals surface area contributed by atoms with Crippen LogP contribution in [0.4, 0.5) is 0 Å². The molecule has 2 heterocycles. The Labute approximate surface area is 195 Å². The number of hydrogen-bond donors (Lipinski definition) is 4. The molecule has 5 N–H and O–H groups in total. The van der Waals surface area contributed by atoms with Crippen LogP contribution in [-0.2, 0) is 11.3 Å². The molecule has 2 amide bonds. The fraction of sp³-hybridized carbons (Fsp3) is 0.120. The van der Waals surface area contributed by atoms with E-state index in [1.165, 1.54) is 13.3 Å². The number of hydroxylamine groups is 1. The molecule has 9 nitrogen and oxygen atoms in total. The first-order valence-corrected chi connectivity index (χ1v) is 10.5. The van der Waals surface area contributed by atoms with Crippen molar-refractivity contribution in [1.82, 2.24) is 20.8 Å². The van der Waals surface area contributed by atoms with Crippen molar-refractivity contribution in [3.05, 3.63) is 78.1 Å². The van der Waals surface area contributed by atoms with Gasteiger partial charge in [-0.2, -0.15) is 0 Å². The minimum Gasteiger partial charge on any atom is -0.494 e. The number of nitrogens with zero attached hydrogens (tertiary/aromatic N) is 2. The van der Waals surface area contributed by atoms with E-state index >= 15 is 0 Å². The number of pyridine rings is 2. The highest BCUT2D eigenvalue weighted by Crippen LogP contribution is 2.36. The number of nitrogens with two attached hydrogens (primary N) is 1. The van der Waals surface area contributed by atoms with Crippen molar-refractivity contribution >= 4 is 22.7 Å². The summed E-state index contributed by atoms with van der Waals surface area (Å²) < 4.78 is 5.54. The van der Waals surface area contributed by atoms with E-state index in [4.69, 9.17) is 10.5 Å². The average molecular weight is 457 g/mol. The summed E-state index contributed by atoms with van der Waals surface area (Å²) in [5.74, 6) is -0.858. The zero-order valence-corrected chi connectivity index (χ0v) is 18.4. The van der Waals surface area contributed by atoms with Crippen LogP contribution in [0.5, 0.6) is 5.75 Å². The molecule has 2 aromatic heterocycles. The van der Waals surface area contributed by atoms with Gasteiger partial charge in [0.2, 0.25) is 5.91 Å². The molecule has 4 aromatic rings. The Hall–Kier alpha value is -4.34. The molecule has 0 atom stereocenters. The molecule has 0 fully saturated rings. The molecule has 0 aliphatic heterocycles. The van der Waals surface area contributed by atoms with Gasteiger partial charge in [0.15, 0.2) is 5.75 Å². The van der Waals surface area contributed by atoms with Crippen molar-refractivity contribution in [2.45, 2.75) is 6.54 Å². The van der Waals surface area contributed by atoms with Crippen molar-refractivity contribution in [3.8, 4) is 28.1 Å². The predicted molar refractivity (Wildman–Crippen MR) is 127 cm³/mol.